The molecule has 0 radical (unpaired) electrons. The first-order valence-corrected chi connectivity index (χ1v) is 7.90. The summed E-state index contributed by atoms with van der Waals surface area (Å²) in [4.78, 5) is 0. The molecule has 0 aliphatic heterocycles. The van der Waals surface area contributed by atoms with Crippen LogP contribution in [0.5, 0.6) is 0 Å². The Bertz CT molecular complexity index is 562. The molecule has 21 heavy (non-hydrogen) atoms. The van der Waals surface area contributed by atoms with Crippen LogP contribution in [0.15, 0.2) is 54.6 Å². The van der Waals surface area contributed by atoms with Gasteiger partial charge in [0, 0.05) is 5.02 Å². The van der Waals surface area contributed by atoms with Crippen LogP contribution in [0.3, 0.4) is 0 Å². The molecule has 2 aromatic rings. The Hall–Kier alpha value is -1.31. The zero-order valence-electron chi connectivity index (χ0n) is 13.2. The second kappa shape index (κ2) is 6.64. The van der Waals surface area contributed by atoms with Crippen molar-refractivity contribution in [2.24, 2.45) is 11.8 Å². The van der Waals surface area contributed by atoms with E-state index in [0.29, 0.717) is 11.8 Å². The molecule has 1 nitrogen and oxygen atoms in total. The van der Waals surface area contributed by atoms with Gasteiger partial charge in [0.05, 0.1) is 5.54 Å². The van der Waals surface area contributed by atoms with E-state index in [-0.39, 0.29) is 5.54 Å². The van der Waals surface area contributed by atoms with Gasteiger partial charge in [-0.25, -0.2) is 0 Å². The number of hydrogen-bond acceptors (Lipinski definition) is 1. The summed E-state index contributed by atoms with van der Waals surface area (Å²) in [7, 11) is 2.04. The van der Waals surface area contributed by atoms with Gasteiger partial charge in [-0.1, -0.05) is 74.8 Å². The summed E-state index contributed by atoms with van der Waals surface area (Å²) in [5, 5.41) is 4.38. The van der Waals surface area contributed by atoms with Crippen LogP contribution in [-0.4, -0.2) is 7.05 Å². The standard InChI is InChI=1S/C19H24ClN/c1-14(2)15(3)19(21-4,16-8-6-5-7-9-16)17-10-12-18(20)13-11-17/h5-15,21H,1-4H3/t15-,19-/m1/s1. The highest BCUT2D eigenvalue weighted by Gasteiger charge is 2.39. The van der Waals surface area contributed by atoms with Gasteiger partial charge in [-0.2, -0.15) is 0 Å². The van der Waals surface area contributed by atoms with Crippen molar-refractivity contribution < 1.29 is 0 Å². The van der Waals surface area contributed by atoms with Crippen LogP contribution < -0.4 is 5.32 Å². The number of nitrogens with one attached hydrogen (secondary N) is 1. The van der Waals surface area contributed by atoms with Gasteiger partial charge in [-0.05, 0) is 42.1 Å². The summed E-state index contributed by atoms with van der Waals surface area (Å²) in [6.07, 6.45) is 0. The van der Waals surface area contributed by atoms with E-state index in [9.17, 15) is 0 Å². The molecular weight excluding hydrogens is 278 g/mol. The Balaban J connectivity index is 2.65. The molecule has 112 valence electrons. The molecule has 0 unspecified atom stereocenters. The molecule has 0 fully saturated rings. The fourth-order valence-electron chi connectivity index (χ4n) is 3.12. The second-order valence-electron chi connectivity index (χ2n) is 5.96. The molecule has 2 rings (SSSR count). The van der Waals surface area contributed by atoms with E-state index in [1.54, 1.807) is 0 Å². The number of rotatable bonds is 5. The summed E-state index contributed by atoms with van der Waals surface area (Å²) in [5.74, 6) is 0.986. The zero-order chi connectivity index (χ0) is 15.5. The highest BCUT2D eigenvalue weighted by molar-refractivity contribution is 6.30. The van der Waals surface area contributed by atoms with Gasteiger partial charge >= 0.3 is 0 Å². The molecule has 0 spiro atoms. The molecular formula is C19H24ClN. The minimum absolute atomic E-state index is 0.208. The number of halogens is 1. The molecule has 0 bridgehead atoms. The van der Waals surface area contributed by atoms with Gasteiger partial charge in [-0.3, -0.25) is 0 Å². The Morgan fingerprint density at radius 3 is 1.86 bits per heavy atom. The lowest BCUT2D eigenvalue weighted by molar-refractivity contribution is 0.230. The molecule has 0 heterocycles. The topological polar surface area (TPSA) is 12.0 Å². The molecule has 1 N–H and O–H groups in total. The maximum absolute atomic E-state index is 6.07. The van der Waals surface area contributed by atoms with Crippen molar-refractivity contribution in [2.75, 3.05) is 7.05 Å². The van der Waals surface area contributed by atoms with E-state index < -0.39 is 0 Å². The third-order valence-corrected chi connectivity index (χ3v) is 4.86. The van der Waals surface area contributed by atoms with Gasteiger partial charge in [0.15, 0.2) is 0 Å². The molecule has 2 aromatic carbocycles. The fraction of sp³-hybridized carbons (Fsp3) is 0.368. The van der Waals surface area contributed by atoms with Crippen LogP contribution in [0, 0.1) is 11.8 Å². The van der Waals surface area contributed by atoms with Crippen LogP contribution in [-0.2, 0) is 5.54 Å². The predicted molar refractivity (Wildman–Crippen MR) is 91.7 cm³/mol. The van der Waals surface area contributed by atoms with E-state index in [1.165, 1.54) is 11.1 Å². The first kappa shape index (κ1) is 16.1. The van der Waals surface area contributed by atoms with Crippen molar-refractivity contribution in [3.05, 3.63) is 70.7 Å². The Labute approximate surface area is 133 Å². The Morgan fingerprint density at radius 2 is 1.38 bits per heavy atom. The summed E-state index contributed by atoms with van der Waals surface area (Å²) >= 11 is 6.07. The third-order valence-electron chi connectivity index (χ3n) is 4.61. The van der Waals surface area contributed by atoms with Gasteiger partial charge in [0.1, 0.15) is 0 Å². The Kier molecular flexibility index (Phi) is 5.08. The highest BCUT2D eigenvalue weighted by Crippen LogP contribution is 2.40. The number of hydrogen-bond donors (Lipinski definition) is 1. The monoisotopic (exact) mass is 301 g/mol. The van der Waals surface area contributed by atoms with E-state index in [0.717, 1.165) is 5.02 Å². The molecule has 2 heteroatoms. The summed E-state index contributed by atoms with van der Waals surface area (Å²) < 4.78 is 0. The van der Waals surface area contributed by atoms with Gasteiger partial charge in [-0.15, -0.1) is 0 Å². The maximum Gasteiger partial charge on any atom is 0.0716 e. The smallest absolute Gasteiger partial charge is 0.0716 e. The van der Waals surface area contributed by atoms with Gasteiger partial charge in [0.25, 0.3) is 0 Å². The summed E-state index contributed by atoms with van der Waals surface area (Å²) in [6.45, 7) is 6.86. The highest BCUT2D eigenvalue weighted by atomic mass is 35.5. The lowest BCUT2D eigenvalue weighted by atomic mass is 9.69. The molecule has 0 aromatic heterocycles. The van der Waals surface area contributed by atoms with Crippen LogP contribution >= 0.6 is 11.6 Å². The fourth-order valence-corrected chi connectivity index (χ4v) is 3.25. The first-order valence-electron chi connectivity index (χ1n) is 7.53. The minimum Gasteiger partial charge on any atom is -0.307 e. The first-order chi connectivity index (χ1) is 10.0. The van der Waals surface area contributed by atoms with E-state index in [2.05, 4.69) is 68.6 Å². The quantitative estimate of drug-likeness (QED) is 0.810. The largest absolute Gasteiger partial charge is 0.307 e. The van der Waals surface area contributed by atoms with E-state index >= 15 is 0 Å². The van der Waals surface area contributed by atoms with Crippen molar-refractivity contribution in [3.8, 4) is 0 Å². The summed E-state index contributed by atoms with van der Waals surface area (Å²) in [6, 6.07) is 18.9. The average molecular weight is 302 g/mol. The van der Waals surface area contributed by atoms with Gasteiger partial charge < -0.3 is 5.32 Å². The predicted octanol–water partition coefficient (Wildman–Crippen LogP) is 5.10. The lowest BCUT2D eigenvalue weighted by Crippen LogP contribution is -2.48. The normalized spacial score (nSPS) is 15.7. The van der Waals surface area contributed by atoms with Crippen molar-refractivity contribution in [1.29, 1.82) is 0 Å². The van der Waals surface area contributed by atoms with Crippen molar-refractivity contribution in [2.45, 2.75) is 26.3 Å². The number of benzene rings is 2. The van der Waals surface area contributed by atoms with Crippen LogP contribution in [0.25, 0.3) is 0 Å². The second-order valence-corrected chi connectivity index (χ2v) is 6.40. The third kappa shape index (κ3) is 3.00. The molecule has 0 aliphatic carbocycles. The molecule has 0 saturated carbocycles. The molecule has 2 atom stereocenters. The van der Waals surface area contributed by atoms with Crippen LogP contribution in [0.4, 0.5) is 0 Å². The zero-order valence-corrected chi connectivity index (χ0v) is 14.0. The van der Waals surface area contributed by atoms with Crippen LogP contribution in [0.2, 0.25) is 5.02 Å². The van der Waals surface area contributed by atoms with E-state index in [1.807, 2.05) is 19.2 Å². The van der Waals surface area contributed by atoms with Gasteiger partial charge in [0.2, 0.25) is 0 Å². The van der Waals surface area contributed by atoms with Crippen molar-refractivity contribution >= 4 is 11.6 Å². The van der Waals surface area contributed by atoms with Crippen molar-refractivity contribution in [3.63, 3.8) is 0 Å². The minimum atomic E-state index is -0.208. The van der Waals surface area contributed by atoms with Crippen LogP contribution in [0.1, 0.15) is 31.9 Å². The molecule has 0 amide bonds. The molecule has 0 aliphatic rings. The van der Waals surface area contributed by atoms with E-state index in [4.69, 9.17) is 11.6 Å². The Morgan fingerprint density at radius 1 is 0.857 bits per heavy atom. The van der Waals surface area contributed by atoms with Crippen molar-refractivity contribution in [1.82, 2.24) is 5.32 Å². The maximum atomic E-state index is 6.07. The molecule has 0 saturated heterocycles. The summed E-state index contributed by atoms with van der Waals surface area (Å²) in [5.41, 5.74) is 2.33. The lowest BCUT2D eigenvalue weighted by Gasteiger charge is -2.42. The average Bonchev–Trinajstić information content (AvgIpc) is 2.51. The SMILES string of the molecule is CN[C@](c1ccccc1)(c1ccc(Cl)cc1)[C@H](C)C(C)C.